The maximum atomic E-state index is 11.7. The third-order valence-corrected chi connectivity index (χ3v) is 2.65. The van der Waals surface area contributed by atoms with Crippen LogP contribution in [0.2, 0.25) is 0 Å². The number of hydrogen-bond acceptors (Lipinski definition) is 4. The van der Waals surface area contributed by atoms with Gasteiger partial charge in [-0.25, -0.2) is 0 Å². The van der Waals surface area contributed by atoms with E-state index in [0.29, 0.717) is 19.2 Å². The van der Waals surface area contributed by atoms with Crippen LogP contribution in [-0.2, 0) is 14.3 Å². The molecule has 0 aliphatic rings. The quantitative estimate of drug-likeness (QED) is 0.553. The molecule has 0 saturated heterocycles. The topological polar surface area (TPSA) is 70.7 Å². The van der Waals surface area contributed by atoms with Crippen LogP contribution in [-0.4, -0.2) is 63.2 Å². The minimum absolute atomic E-state index is 0.0741. The van der Waals surface area contributed by atoms with Crippen LogP contribution in [0.25, 0.3) is 0 Å². The van der Waals surface area contributed by atoms with E-state index in [1.807, 2.05) is 6.92 Å². The van der Waals surface area contributed by atoms with E-state index in [4.69, 9.17) is 4.74 Å². The number of rotatable bonds is 9. The zero-order valence-corrected chi connectivity index (χ0v) is 11.8. The molecule has 2 amide bonds. The second-order valence-electron chi connectivity index (χ2n) is 4.28. The number of nitrogens with zero attached hydrogens (tertiary/aromatic N) is 1. The molecule has 6 nitrogen and oxygen atoms in total. The lowest BCUT2D eigenvalue weighted by atomic mass is 10.2. The lowest BCUT2D eigenvalue weighted by Crippen LogP contribution is -2.43. The fourth-order valence-corrected chi connectivity index (χ4v) is 1.19. The fraction of sp³-hybridized carbons (Fsp3) is 0.833. The summed E-state index contributed by atoms with van der Waals surface area (Å²) >= 11 is 0. The zero-order chi connectivity index (χ0) is 14.0. The highest BCUT2D eigenvalue weighted by molar-refractivity contribution is 5.85. The van der Waals surface area contributed by atoms with Gasteiger partial charge >= 0.3 is 0 Å². The molecule has 0 aliphatic heterocycles. The smallest absolute Gasteiger partial charge is 0.239 e. The summed E-state index contributed by atoms with van der Waals surface area (Å²) in [5, 5.41) is 5.76. The van der Waals surface area contributed by atoms with Crippen molar-refractivity contribution in [3.8, 4) is 0 Å². The molecule has 0 heterocycles. The molecule has 18 heavy (non-hydrogen) atoms. The number of amides is 2. The first-order valence-corrected chi connectivity index (χ1v) is 6.24. The molecular formula is C12H25N3O3. The minimum Gasteiger partial charge on any atom is -0.383 e. The van der Waals surface area contributed by atoms with Crippen LogP contribution >= 0.6 is 0 Å². The van der Waals surface area contributed by atoms with Crippen molar-refractivity contribution >= 4 is 11.8 Å². The molecule has 0 aromatic rings. The van der Waals surface area contributed by atoms with Gasteiger partial charge in [0.05, 0.1) is 19.7 Å². The SMILES string of the molecule is CCC(C)NCC(=O)N(C)CC(=O)NCCOC. The van der Waals surface area contributed by atoms with Crippen LogP contribution < -0.4 is 10.6 Å². The van der Waals surface area contributed by atoms with E-state index < -0.39 is 0 Å². The van der Waals surface area contributed by atoms with Gasteiger partial charge in [-0.15, -0.1) is 0 Å². The molecule has 0 fully saturated rings. The molecule has 0 aromatic carbocycles. The number of hydrogen-bond donors (Lipinski definition) is 2. The first-order chi connectivity index (χ1) is 8.51. The maximum absolute atomic E-state index is 11.7. The van der Waals surface area contributed by atoms with E-state index >= 15 is 0 Å². The van der Waals surface area contributed by atoms with Gasteiger partial charge < -0.3 is 20.3 Å². The molecule has 2 N–H and O–H groups in total. The van der Waals surface area contributed by atoms with Gasteiger partial charge in [-0.3, -0.25) is 9.59 Å². The molecule has 0 spiro atoms. The summed E-state index contributed by atoms with van der Waals surface area (Å²) in [5.74, 6) is -0.261. The molecule has 0 aromatic heterocycles. The van der Waals surface area contributed by atoms with Crippen molar-refractivity contribution in [3.63, 3.8) is 0 Å². The van der Waals surface area contributed by atoms with E-state index in [1.54, 1.807) is 14.2 Å². The molecule has 0 radical (unpaired) electrons. The van der Waals surface area contributed by atoms with Crippen molar-refractivity contribution in [1.29, 1.82) is 0 Å². The van der Waals surface area contributed by atoms with Crippen LogP contribution in [0.15, 0.2) is 0 Å². The van der Waals surface area contributed by atoms with Gasteiger partial charge in [0.25, 0.3) is 0 Å². The number of nitrogens with one attached hydrogen (secondary N) is 2. The molecule has 6 heteroatoms. The van der Waals surface area contributed by atoms with E-state index in [0.717, 1.165) is 6.42 Å². The van der Waals surface area contributed by atoms with Gasteiger partial charge in [-0.1, -0.05) is 6.92 Å². The molecular weight excluding hydrogens is 234 g/mol. The van der Waals surface area contributed by atoms with Crippen molar-refractivity contribution in [2.45, 2.75) is 26.3 Å². The highest BCUT2D eigenvalue weighted by Crippen LogP contribution is 1.89. The lowest BCUT2D eigenvalue weighted by molar-refractivity contribution is -0.134. The largest absolute Gasteiger partial charge is 0.383 e. The van der Waals surface area contributed by atoms with Gasteiger partial charge in [-0.2, -0.15) is 0 Å². The van der Waals surface area contributed by atoms with Crippen LogP contribution in [0.1, 0.15) is 20.3 Å². The minimum atomic E-state index is -0.175. The highest BCUT2D eigenvalue weighted by Gasteiger charge is 2.12. The maximum Gasteiger partial charge on any atom is 0.239 e. The van der Waals surface area contributed by atoms with Gasteiger partial charge in [0.15, 0.2) is 0 Å². The highest BCUT2D eigenvalue weighted by atomic mass is 16.5. The van der Waals surface area contributed by atoms with E-state index in [2.05, 4.69) is 17.6 Å². The van der Waals surface area contributed by atoms with Crippen molar-refractivity contribution in [1.82, 2.24) is 15.5 Å². The van der Waals surface area contributed by atoms with Crippen molar-refractivity contribution in [3.05, 3.63) is 0 Å². The van der Waals surface area contributed by atoms with Crippen LogP contribution in [0, 0.1) is 0 Å². The molecule has 106 valence electrons. The van der Waals surface area contributed by atoms with E-state index in [-0.39, 0.29) is 24.9 Å². The third kappa shape index (κ3) is 8.03. The number of methoxy groups -OCH3 is 1. The van der Waals surface area contributed by atoms with Crippen molar-refractivity contribution in [2.24, 2.45) is 0 Å². The summed E-state index contributed by atoms with van der Waals surface area (Å²) in [6, 6.07) is 0.304. The summed E-state index contributed by atoms with van der Waals surface area (Å²) < 4.78 is 4.82. The Bertz CT molecular complexity index is 259. The van der Waals surface area contributed by atoms with Gasteiger partial charge in [0, 0.05) is 26.7 Å². The molecule has 0 bridgehead atoms. The van der Waals surface area contributed by atoms with Gasteiger partial charge in [-0.05, 0) is 13.3 Å². The second-order valence-corrected chi connectivity index (χ2v) is 4.28. The monoisotopic (exact) mass is 259 g/mol. The van der Waals surface area contributed by atoms with Crippen LogP contribution in [0.4, 0.5) is 0 Å². The number of carbonyl (C=O) groups is 2. The Hall–Kier alpha value is -1.14. The summed E-state index contributed by atoms with van der Waals surface area (Å²) in [4.78, 5) is 24.5. The van der Waals surface area contributed by atoms with Crippen molar-refractivity contribution < 1.29 is 14.3 Å². The summed E-state index contributed by atoms with van der Waals surface area (Å²) in [7, 11) is 3.19. The summed E-state index contributed by atoms with van der Waals surface area (Å²) in [6.45, 7) is 5.34. The van der Waals surface area contributed by atoms with E-state index in [1.165, 1.54) is 4.90 Å². The molecule has 0 rings (SSSR count). The van der Waals surface area contributed by atoms with Crippen LogP contribution in [0.3, 0.4) is 0 Å². The average Bonchev–Trinajstić information content (AvgIpc) is 2.35. The fourth-order valence-electron chi connectivity index (χ4n) is 1.19. The third-order valence-electron chi connectivity index (χ3n) is 2.65. The molecule has 1 atom stereocenters. The standard InChI is InChI=1S/C12H25N3O3/c1-5-10(2)14-8-12(17)15(3)9-11(16)13-6-7-18-4/h10,14H,5-9H2,1-4H3,(H,13,16). The predicted molar refractivity (Wildman–Crippen MR) is 70.3 cm³/mol. The van der Waals surface area contributed by atoms with Gasteiger partial charge in [0.2, 0.25) is 11.8 Å². The number of carbonyl (C=O) groups excluding carboxylic acids is 2. The lowest BCUT2D eigenvalue weighted by Gasteiger charge is -2.18. The Kier molecular flexibility index (Phi) is 9.22. The van der Waals surface area contributed by atoms with Crippen molar-refractivity contribution in [2.75, 3.05) is 40.4 Å². The summed E-state index contributed by atoms with van der Waals surface area (Å²) in [6.07, 6.45) is 0.967. The first-order valence-electron chi connectivity index (χ1n) is 6.24. The second kappa shape index (κ2) is 9.85. The molecule has 1 unspecified atom stereocenters. The Morgan fingerprint density at radius 1 is 1.39 bits per heavy atom. The Morgan fingerprint density at radius 2 is 2.06 bits per heavy atom. The molecule has 0 aliphatic carbocycles. The van der Waals surface area contributed by atoms with Crippen LogP contribution in [0.5, 0.6) is 0 Å². The molecule has 0 saturated carbocycles. The number of ether oxygens (including phenoxy) is 1. The Morgan fingerprint density at radius 3 is 2.61 bits per heavy atom. The zero-order valence-electron chi connectivity index (χ0n) is 11.8. The predicted octanol–water partition coefficient (Wildman–Crippen LogP) is -0.404. The van der Waals surface area contributed by atoms with Gasteiger partial charge in [0.1, 0.15) is 0 Å². The van der Waals surface area contributed by atoms with E-state index in [9.17, 15) is 9.59 Å². The normalized spacial score (nSPS) is 12.0. The Balaban J connectivity index is 3.82. The first kappa shape index (κ1) is 16.9. The number of likely N-dealkylation sites (N-methyl/N-ethyl adjacent to an activating group) is 1. The summed E-state index contributed by atoms with van der Waals surface area (Å²) in [5.41, 5.74) is 0. The average molecular weight is 259 g/mol. The Labute approximate surface area is 109 Å².